The molecule has 10 heteroatoms. The number of urea groups is 1. The summed E-state index contributed by atoms with van der Waals surface area (Å²) in [6.45, 7) is 8.28. The zero-order valence-corrected chi connectivity index (χ0v) is 19.1. The first-order valence-corrected chi connectivity index (χ1v) is 10.6. The second-order valence-electron chi connectivity index (χ2n) is 8.23. The molecule has 1 aromatic carbocycles. The lowest BCUT2D eigenvalue weighted by atomic mass is 10.00. The van der Waals surface area contributed by atoms with Gasteiger partial charge in [0.2, 0.25) is 0 Å². The van der Waals surface area contributed by atoms with E-state index in [0.717, 1.165) is 5.01 Å². The van der Waals surface area contributed by atoms with Crippen LogP contribution in [0.5, 0.6) is 11.5 Å². The van der Waals surface area contributed by atoms with E-state index in [9.17, 15) is 14.4 Å². The molecular weight excluding hydrogens is 416 g/mol. The van der Waals surface area contributed by atoms with Crippen molar-refractivity contribution in [3.63, 3.8) is 0 Å². The van der Waals surface area contributed by atoms with Gasteiger partial charge in [-0.05, 0) is 51.0 Å². The minimum atomic E-state index is -0.952. The molecular formula is C22H30N4O6. The van der Waals surface area contributed by atoms with Gasteiger partial charge in [-0.2, -0.15) is 5.10 Å². The number of ether oxygens (including phenoxy) is 3. The fraction of sp³-hybridized carbons (Fsp3) is 0.545. The highest BCUT2D eigenvalue weighted by molar-refractivity contribution is 6.07. The number of carbonyl (C=O) groups is 3. The van der Waals surface area contributed by atoms with E-state index in [-0.39, 0.29) is 24.7 Å². The smallest absolute Gasteiger partial charge is 0.346 e. The van der Waals surface area contributed by atoms with Crippen molar-refractivity contribution in [1.82, 2.24) is 15.2 Å². The van der Waals surface area contributed by atoms with Gasteiger partial charge < -0.3 is 24.4 Å². The molecule has 2 aliphatic heterocycles. The first-order chi connectivity index (χ1) is 15.2. The summed E-state index contributed by atoms with van der Waals surface area (Å²) in [6.07, 6.45) is 1.82. The lowest BCUT2D eigenvalue weighted by molar-refractivity contribution is -0.145. The Morgan fingerprint density at radius 1 is 1.28 bits per heavy atom. The van der Waals surface area contributed by atoms with Gasteiger partial charge in [-0.3, -0.25) is 9.59 Å². The van der Waals surface area contributed by atoms with Crippen LogP contribution in [0.15, 0.2) is 23.3 Å². The van der Waals surface area contributed by atoms with Gasteiger partial charge in [0, 0.05) is 13.1 Å². The van der Waals surface area contributed by atoms with Crippen LogP contribution in [0.3, 0.4) is 0 Å². The quantitative estimate of drug-likeness (QED) is 0.505. The fourth-order valence-electron chi connectivity index (χ4n) is 3.63. The number of amides is 4. The van der Waals surface area contributed by atoms with Crippen molar-refractivity contribution in [3.8, 4) is 11.5 Å². The average Bonchev–Trinajstić information content (AvgIpc) is 2.98. The molecule has 1 N–H and O–H groups in total. The number of hydrazone groups is 1. The molecule has 3 atom stereocenters. The lowest BCUT2D eigenvalue weighted by Crippen LogP contribution is -2.49. The SMILES string of the molecule is CCC1(C)NC(=O)N(/N=C/c2ccc(OCC(=O)N3CC(C)OC(C)C3)c(OC)c2)C1=O. The van der Waals surface area contributed by atoms with Gasteiger partial charge >= 0.3 is 6.03 Å². The van der Waals surface area contributed by atoms with Crippen LogP contribution in [-0.2, 0) is 14.3 Å². The number of hydrogen-bond donors (Lipinski definition) is 1. The van der Waals surface area contributed by atoms with E-state index >= 15 is 0 Å². The molecule has 2 aliphatic rings. The van der Waals surface area contributed by atoms with Crippen molar-refractivity contribution in [1.29, 1.82) is 0 Å². The van der Waals surface area contributed by atoms with Crippen LogP contribution < -0.4 is 14.8 Å². The maximum Gasteiger partial charge on any atom is 0.346 e. The number of nitrogens with one attached hydrogen (secondary N) is 1. The molecule has 3 rings (SSSR count). The molecule has 0 radical (unpaired) electrons. The van der Waals surface area contributed by atoms with E-state index in [1.807, 2.05) is 20.8 Å². The van der Waals surface area contributed by atoms with Crippen molar-refractivity contribution < 1.29 is 28.6 Å². The predicted octanol–water partition coefficient (Wildman–Crippen LogP) is 1.76. The van der Waals surface area contributed by atoms with Crippen LogP contribution in [-0.4, -0.2) is 78.5 Å². The summed E-state index contributed by atoms with van der Waals surface area (Å²) in [7, 11) is 1.49. The summed E-state index contributed by atoms with van der Waals surface area (Å²) in [4.78, 5) is 38.8. The van der Waals surface area contributed by atoms with E-state index in [4.69, 9.17) is 14.2 Å². The second kappa shape index (κ2) is 9.56. The Bertz CT molecular complexity index is 910. The molecule has 3 unspecified atom stereocenters. The summed E-state index contributed by atoms with van der Waals surface area (Å²) < 4.78 is 16.7. The standard InChI is InChI=1S/C22H30N4O6/c1-6-22(4)20(28)26(21(29)24-22)23-10-16-7-8-17(18(9-16)30-5)31-13-19(27)25-11-14(2)32-15(3)12-25/h7-10,14-15H,6,11-13H2,1-5H3,(H,24,29)/b23-10+. The first kappa shape index (κ1) is 23.5. The van der Waals surface area contributed by atoms with Crippen LogP contribution in [0, 0.1) is 0 Å². The number of morpholine rings is 1. The molecule has 0 saturated carbocycles. The van der Waals surface area contributed by atoms with Crippen LogP contribution in [0.1, 0.15) is 39.7 Å². The Kier molecular flexibility index (Phi) is 7.02. The molecule has 32 heavy (non-hydrogen) atoms. The number of rotatable bonds is 7. The molecule has 0 aromatic heterocycles. The molecule has 2 fully saturated rings. The summed E-state index contributed by atoms with van der Waals surface area (Å²) in [5.41, 5.74) is -0.353. The van der Waals surface area contributed by atoms with Crippen molar-refractivity contribution in [3.05, 3.63) is 23.8 Å². The number of nitrogens with zero attached hydrogens (tertiary/aromatic N) is 3. The van der Waals surface area contributed by atoms with Crippen LogP contribution >= 0.6 is 0 Å². The molecule has 10 nitrogen and oxygen atoms in total. The highest BCUT2D eigenvalue weighted by Gasteiger charge is 2.46. The molecule has 0 spiro atoms. The normalized spacial score (nSPS) is 25.9. The van der Waals surface area contributed by atoms with E-state index in [0.29, 0.717) is 36.6 Å². The molecule has 2 heterocycles. The van der Waals surface area contributed by atoms with E-state index in [2.05, 4.69) is 10.4 Å². The minimum Gasteiger partial charge on any atom is -0.493 e. The number of methoxy groups -OCH3 is 1. The monoisotopic (exact) mass is 446 g/mol. The molecule has 0 bridgehead atoms. The van der Waals surface area contributed by atoms with E-state index in [1.54, 1.807) is 30.0 Å². The third-order valence-electron chi connectivity index (χ3n) is 5.58. The number of hydrogen-bond acceptors (Lipinski definition) is 7. The Morgan fingerprint density at radius 3 is 2.56 bits per heavy atom. The largest absolute Gasteiger partial charge is 0.493 e. The summed E-state index contributed by atoms with van der Waals surface area (Å²) in [5, 5.41) is 7.50. The van der Waals surface area contributed by atoms with Gasteiger partial charge in [0.05, 0.1) is 25.5 Å². The zero-order chi connectivity index (χ0) is 23.5. The van der Waals surface area contributed by atoms with Gasteiger partial charge in [0.25, 0.3) is 11.8 Å². The maximum absolute atomic E-state index is 12.5. The second-order valence-corrected chi connectivity index (χ2v) is 8.23. The molecule has 2 saturated heterocycles. The topological polar surface area (TPSA) is 110 Å². The summed E-state index contributed by atoms with van der Waals surface area (Å²) in [5.74, 6) is 0.276. The van der Waals surface area contributed by atoms with Gasteiger partial charge in [0.1, 0.15) is 5.54 Å². The fourth-order valence-corrected chi connectivity index (χ4v) is 3.63. The lowest BCUT2D eigenvalue weighted by Gasteiger charge is -2.35. The van der Waals surface area contributed by atoms with Crippen LogP contribution in [0.2, 0.25) is 0 Å². The molecule has 0 aliphatic carbocycles. The van der Waals surface area contributed by atoms with Gasteiger partial charge in [-0.15, -0.1) is 5.01 Å². The van der Waals surface area contributed by atoms with Crippen LogP contribution in [0.25, 0.3) is 0 Å². The predicted molar refractivity (Wildman–Crippen MR) is 117 cm³/mol. The van der Waals surface area contributed by atoms with Crippen molar-refractivity contribution in [2.45, 2.75) is 51.9 Å². The van der Waals surface area contributed by atoms with E-state index < -0.39 is 17.5 Å². The zero-order valence-electron chi connectivity index (χ0n) is 19.1. The number of carbonyl (C=O) groups excluding carboxylic acids is 3. The summed E-state index contributed by atoms with van der Waals surface area (Å²) >= 11 is 0. The molecule has 174 valence electrons. The van der Waals surface area contributed by atoms with Crippen LogP contribution in [0.4, 0.5) is 4.79 Å². The van der Waals surface area contributed by atoms with Gasteiger partial charge in [-0.25, -0.2) is 4.79 Å². The number of benzene rings is 1. The Balaban J connectivity index is 1.65. The average molecular weight is 447 g/mol. The Hall–Kier alpha value is -3.14. The Labute approximate surface area is 187 Å². The number of imide groups is 1. The van der Waals surface area contributed by atoms with Crippen molar-refractivity contribution in [2.24, 2.45) is 5.10 Å². The van der Waals surface area contributed by atoms with Gasteiger partial charge in [-0.1, -0.05) is 6.92 Å². The maximum atomic E-state index is 12.5. The van der Waals surface area contributed by atoms with Crippen molar-refractivity contribution >= 4 is 24.1 Å². The third kappa shape index (κ3) is 5.01. The van der Waals surface area contributed by atoms with E-state index in [1.165, 1.54) is 13.3 Å². The minimum absolute atomic E-state index is 0.0180. The van der Waals surface area contributed by atoms with Gasteiger partial charge in [0.15, 0.2) is 18.1 Å². The first-order valence-electron chi connectivity index (χ1n) is 10.6. The van der Waals surface area contributed by atoms with Crippen molar-refractivity contribution in [2.75, 3.05) is 26.8 Å². The highest BCUT2D eigenvalue weighted by atomic mass is 16.5. The summed E-state index contributed by atoms with van der Waals surface area (Å²) in [6, 6.07) is 4.44. The highest BCUT2D eigenvalue weighted by Crippen LogP contribution is 2.28. The third-order valence-corrected chi connectivity index (χ3v) is 5.58. The Morgan fingerprint density at radius 2 is 1.97 bits per heavy atom. The molecule has 4 amide bonds. The molecule has 1 aromatic rings.